The molecular weight excluding hydrogens is 229 g/mol. The third-order valence-corrected chi connectivity index (χ3v) is 2.29. The van der Waals surface area contributed by atoms with Gasteiger partial charge in [0.2, 0.25) is 0 Å². The van der Waals surface area contributed by atoms with Crippen LogP contribution >= 0.6 is 0 Å². The largest absolute Gasteiger partial charge is 0.392 e. The van der Waals surface area contributed by atoms with E-state index in [1.165, 1.54) is 18.2 Å². The highest BCUT2D eigenvalue weighted by Crippen LogP contribution is 2.23. The highest BCUT2D eigenvalue weighted by Gasteiger charge is 2.22. The second kappa shape index (κ2) is 6.17. The Bertz CT molecular complexity index is 435. The molecule has 1 aromatic carbocycles. The molecule has 6 nitrogen and oxygen atoms in total. The molecule has 0 aliphatic carbocycles. The summed E-state index contributed by atoms with van der Waals surface area (Å²) >= 11 is 0. The molecule has 0 saturated heterocycles. The van der Waals surface area contributed by atoms with E-state index in [1.807, 2.05) is 0 Å². The number of benzene rings is 1. The van der Waals surface area contributed by atoms with Gasteiger partial charge in [0, 0.05) is 16.0 Å². The molecule has 0 aliphatic heterocycles. The molecule has 17 heavy (non-hydrogen) atoms. The molecule has 1 aromatic rings. The SMILES string of the molecule is [N-]=[N+]=NCC(O)C(O)c1cccc(CO)c1F. The van der Waals surface area contributed by atoms with Crippen LogP contribution in [0.1, 0.15) is 17.2 Å². The summed E-state index contributed by atoms with van der Waals surface area (Å²) in [7, 11) is 0. The van der Waals surface area contributed by atoms with E-state index in [0.717, 1.165) is 0 Å². The summed E-state index contributed by atoms with van der Waals surface area (Å²) in [5.41, 5.74) is 7.95. The van der Waals surface area contributed by atoms with E-state index in [1.54, 1.807) is 0 Å². The van der Waals surface area contributed by atoms with Crippen LogP contribution in [0.2, 0.25) is 0 Å². The molecule has 2 atom stereocenters. The van der Waals surface area contributed by atoms with Crippen LogP contribution in [0.15, 0.2) is 23.3 Å². The van der Waals surface area contributed by atoms with E-state index in [4.69, 9.17) is 10.6 Å². The Hall–Kier alpha value is -1.66. The molecule has 0 spiro atoms. The molecule has 0 aromatic heterocycles. The average molecular weight is 241 g/mol. The predicted molar refractivity (Wildman–Crippen MR) is 57.3 cm³/mol. The lowest BCUT2D eigenvalue weighted by atomic mass is 10.0. The van der Waals surface area contributed by atoms with E-state index in [0.29, 0.717) is 0 Å². The zero-order valence-corrected chi connectivity index (χ0v) is 8.86. The van der Waals surface area contributed by atoms with Crippen molar-refractivity contribution >= 4 is 0 Å². The first kappa shape index (κ1) is 13.4. The lowest BCUT2D eigenvalue weighted by molar-refractivity contribution is 0.0220. The number of aliphatic hydroxyl groups is 3. The van der Waals surface area contributed by atoms with Gasteiger partial charge in [-0.2, -0.15) is 0 Å². The fraction of sp³-hybridized carbons (Fsp3) is 0.400. The van der Waals surface area contributed by atoms with E-state index >= 15 is 0 Å². The quantitative estimate of drug-likeness (QED) is 0.406. The number of nitrogens with zero attached hydrogens (tertiary/aromatic N) is 3. The summed E-state index contributed by atoms with van der Waals surface area (Å²) in [5.74, 6) is -0.775. The molecule has 0 saturated carbocycles. The summed E-state index contributed by atoms with van der Waals surface area (Å²) in [6.45, 7) is -0.862. The summed E-state index contributed by atoms with van der Waals surface area (Å²) < 4.78 is 13.7. The third kappa shape index (κ3) is 3.15. The van der Waals surface area contributed by atoms with Gasteiger partial charge in [0.1, 0.15) is 11.9 Å². The van der Waals surface area contributed by atoms with E-state index in [9.17, 15) is 14.6 Å². The second-order valence-corrected chi connectivity index (χ2v) is 3.40. The number of hydrogen-bond acceptors (Lipinski definition) is 4. The van der Waals surface area contributed by atoms with Gasteiger partial charge in [0.15, 0.2) is 0 Å². The fourth-order valence-corrected chi connectivity index (χ4v) is 1.38. The van der Waals surface area contributed by atoms with Crippen molar-refractivity contribution < 1.29 is 19.7 Å². The van der Waals surface area contributed by atoms with Crippen LogP contribution in [0.3, 0.4) is 0 Å². The predicted octanol–water partition coefficient (Wildman–Crippen LogP) is 1.02. The second-order valence-electron chi connectivity index (χ2n) is 3.40. The average Bonchev–Trinajstić information content (AvgIpc) is 2.35. The van der Waals surface area contributed by atoms with Crippen molar-refractivity contribution in [2.75, 3.05) is 6.54 Å². The summed E-state index contributed by atoms with van der Waals surface area (Å²) in [4.78, 5) is 2.43. The minimum absolute atomic E-state index is 0.0255. The van der Waals surface area contributed by atoms with Crippen LogP contribution in [-0.2, 0) is 6.61 Å². The van der Waals surface area contributed by atoms with Crippen LogP contribution in [0, 0.1) is 5.82 Å². The molecule has 0 bridgehead atoms. The first-order valence-corrected chi connectivity index (χ1v) is 4.87. The first-order valence-electron chi connectivity index (χ1n) is 4.87. The Morgan fingerprint density at radius 2 is 2.12 bits per heavy atom. The normalized spacial score (nSPS) is 13.9. The van der Waals surface area contributed by atoms with Gasteiger partial charge in [-0.15, -0.1) is 0 Å². The van der Waals surface area contributed by atoms with Crippen molar-refractivity contribution in [2.24, 2.45) is 5.11 Å². The first-order chi connectivity index (χ1) is 8.11. The van der Waals surface area contributed by atoms with E-state index in [2.05, 4.69) is 10.0 Å². The van der Waals surface area contributed by atoms with Crippen molar-refractivity contribution in [2.45, 2.75) is 18.8 Å². The lowest BCUT2D eigenvalue weighted by Gasteiger charge is -2.17. The molecule has 1 rings (SSSR count). The number of rotatable bonds is 5. The lowest BCUT2D eigenvalue weighted by Crippen LogP contribution is -2.22. The van der Waals surface area contributed by atoms with E-state index < -0.39 is 24.6 Å². The Morgan fingerprint density at radius 3 is 2.71 bits per heavy atom. The highest BCUT2D eigenvalue weighted by molar-refractivity contribution is 5.27. The van der Waals surface area contributed by atoms with Crippen molar-refractivity contribution in [3.63, 3.8) is 0 Å². The number of azide groups is 1. The minimum Gasteiger partial charge on any atom is -0.392 e. The summed E-state index contributed by atoms with van der Waals surface area (Å²) in [5, 5.41) is 31.1. The molecule has 3 N–H and O–H groups in total. The van der Waals surface area contributed by atoms with Crippen molar-refractivity contribution in [3.05, 3.63) is 45.6 Å². The van der Waals surface area contributed by atoms with Gasteiger partial charge in [0.25, 0.3) is 0 Å². The molecule has 0 fully saturated rings. The monoisotopic (exact) mass is 241 g/mol. The molecule has 2 unspecified atom stereocenters. The van der Waals surface area contributed by atoms with Gasteiger partial charge in [-0.3, -0.25) is 0 Å². The zero-order valence-electron chi connectivity index (χ0n) is 8.86. The summed E-state index contributed by atoms with van der Waals surface area (Å²) in [6, 6.07) is 4.11. The molecule has 0 amide bonds. The van der Waals surface area contributed by atoms with Gasteiger partial charge >= 0.3 is 0 Å². The standard InChI is InChI=1S/C10H12FN3O3/c11-9-6(5-15)2-1-3-7(9)10(17)8(16)4-13-14-12/h1-3,8,10,15-17H,4-5H2. The topological polar surface area (TPSA) is 109 Å². The smallest absolute Gasteiger partial charge is 0.134 e. The molecular formula is C10H12FN3O3. The van der Waals surface area contributed by atoms with Crippen LogP contribution in [-0.4, -0.2) is 28.0 Å². The van der Waals surface area contributed by atoms with Gasteiger partial charge in [-0.25, -0.2) is 4.39 Å². The summed E-state index contributed by atoms with van der Waals surface area (Å²) in [6.07, 6.45) is -2.90. The van der Waals surface area contributed by atoms with Crippen molar-refractivity contribution in [3.8, 4) is 0 Å². The Balaban J connectivity index is 2.95. The van der Waals surface area contributed by atoms with Crippen molar-refractivity contribution in [1.29, 1.82) is 0 Å². The van der Waals surface area contributed by atoms with Crippen LogP contribution < -0.4 is 0 Å². The maximum atomic E-state index is 13.7. The molecule has 92 valence electrons. The van der Waals surface area contributed by atoms with Gasteiger partial charge in [-0.05, 0) is 5.53 Å². The van der Waals surface area contributed by atoms with Crippen LogP contribution in [0.4, 0.5) is 4.39 Å². The molecule has 7 heteroatoms. The van der Waals surface area contributed by atoms with Gasteiger partial charge in [0.05, 0.1) is 19.3 Å². The minimum atomic E-state index is -1.51. The number of hydrogen-bond donors (Lipinski definition) is 3. The number of halogens is 1. The molecule has 0 aliphatic rings. The zero-order chi connectivity index (χ0) is 12.8. The Labute approximate surface area is 96.6 Å². The Morgan fingerprint density at radius 1 is 1.41 bits per heavy atom. The van der Waals surface area contributed by atoms with Gasteiger partial charge in [-0.1, -0.05) is 23.3 Å². The van der Waals surface area contributed by atoms with Crippen molar-refractivity contribution in [1.82, 2.24) is 0 Å². The van der Waals surface area contributed by atoms with Crippen LogP contribution in [0.5, 0.6) is 0 Å². The van der Waals surface area contributed by atoms with Crippen LogP contribution in [0.25, 0.3) is 10.4 Å². The molecule has 0 heterocycles. The van der Waals surface area contributed by atoms with E-state index in [-0.39, 0.29) is 17.7 Å². The Kier molecular flexibility index (Phi) is 4.86. The number of aliphatic hydroxyl groups excluding tert-OH is 3. The third-order valence-electron chi connectivity index (χ3n) is 2.29. The maximum absolute atomic E-state index is 13.7. The maximum Gasteiger partial charge on any atom is 0.134 e. The molecule has 0 radical (unpaired) electrons. The fourth-order valence-electron chi connectivity index (χ4n) is 1.38. The van der Waals surface area contributed by atoms with Gasteiger partial charge < -0.3 is 15.3 Å². The highest BCUT2D eigenvalue weighted by atomic mass is 19.1.